The second-order valence-electron chi connectivity index (χ2n) is 0. The van der Waals surface area contributed by atoms with Crippen molar-refractivity contribution in [2.45, 2.75) is 0 Å². The largest absolute Gasteiger partial charge is 0.187 e. The Morgan fingerprint density at radius 2 is 0.250 bits per heavy atom. The van der Waals surface area contributed by atoms with Crippen molar-refractivity contribution in [3.8, 4) is 0 Å². The van der Waals surface area contributed by atoms with Gasteiger partial charge in [-0.25, -0.2) is 0 Å². The second-order valence-corrected chi connectivity index (χ2v) is 0. The first-order valence-electron chi connectivity index (χ1n) is 0. The summed E-state index contributed by atoms with van der Waals surface area (Å²) in [4.78, 5) is 0. The van der Waals surface area contributed by atoms with Gasteiger partial charge in [0, 0.05) is 164 Å². The van der Waals surface area contributed by atoms with Gasteiger partial charge in [-0.1, -0.05) is 0 Å². The van der Waals surface area contributed by atoms with Crippen molar-refractivity contribution < 1.29 is 164 Å². The topological polar surface area (TPSA) is 0 Å². The molecule has 0 aromatic heterocycles. The smallest absolute Gasteiger partial charge is 0 e. The molecule has 8 heteroatoms. The summed E-state index contributed by atoms with van der Waals surface area (Å²) in [6, 6.07) is 0. The van der Waals surface area contributed by atoms with E-state index >= 15 is 0 Å². The summed E-state index contributed by atoms with van der Waals surface area (Å²) in [5.41, 5.74) is 0. The van der Waals surface area contributed by atoms with Gasteiger partial charge in [0.15, 0.2) is 52.1 Å². The van der Waals surface area contributed by atoms with Crippen LogP contribution in [0.1, 0.15) is 0 Å². The monoisotopic (exact) mass is 535 g/mol. The molecule has 0 fully saturated rings. The van der Waals surface area contributed by atoms with Gasteiger partial charge in [0.1, 0.15) is 0 Å². The van der Waals surface area contributed by atoms with Gasteiger partial charge in [0.2, 0.25) is 0 Å². The van der Waals surface area contributed by atoms with Crippen LogP contribution in [0.4, 0.5) is 0 Å². The molecule has 0 N–H and O–H groups in total. The average Bonchev–Trinajstić information content (AvgIpc) is 0. The van der Waals surface area contributed by atoms with Crippen LogP contribution in [0.5, 0.6) is 0 Å². The molecule has 0 saturated carbocycles. The maximum absolute atomic E-state index is 0. The van der Waals surface area contributed by atoms with E-state index < -0.39 is 0 Å². The first kappa shape index (κ1) is 59.5. The van der Waals surface area contributed by atoms with E-state index in [0.717, 1.165) is 0 Å². The summed E-state index contributed by atoms with van der Waals surface area (Å²) in [7, 11) is 0. The second kappa shape index (κ2) is 48.0. The van der Waals surface area contributed by atoms with E-state index in [9.17, 15) is 0 Å². The first-order valence-corrected chi connectivity index (χ1v) is 0. The molecule has 33 valence electrons. The predicted molar refractivity (Wildman–Crippen MR) is 29.8 cm³/mol. The summed E-state index contributed by atoms with van der Waals surface area (Å²) in [6.45, 7) is 0. The zero-order valence-electron chi connectivity index (χ0n) is 2.89. The van der Waals surface area contributed by atoms with Crippen molar-refractivity contribution in [2.75, 3.05) is 0 Å². The predicted octanol–water partition coefficient (Wildman–Crippen LogP) is -3.56. The number of hydrogen-bond acceptors (Lipinski definition) is 0. The number of rotatable bonds is 0. The summed E-state index contributed by atoms with van der Waals surface area (Å²) < 4.78 is 0. The minimum atomic E-state index is 0. The fourth-order valence-corrected chi connectivity index (χ4v) is 0. The van der Waals surface area contributed by atoms with E-state index in [1.165, 1.54) is 0 Å². The molecule has 0 aliphatic carbocycles. The van der Waals surface area contributed by atoms with Crippen LogP contribution in [0.2, 0.25) is 0 Å². The zero-order valence-corrected chi connectivity index (χ0v) is 17.1. The minimum Gasteiger partial charge on any atom is 0 e. The molecular weight excluding hydrogens is 525 g/mol. The van der Waals surface area contributed by atoms with Gasteiger partial charge in [-0.2, -0.15) is 0 Å². The first-order chi connectivity index (χ1) is 0. The van der Waals surface area contributed by atoms with E-state index in [4.69, 9.17) is 0 Å². The summed E-state index contributed by atoms with van der Waals surface area (Å²) in [5, 5.41) is 0. The molecule has 0 saturated heterocycles. The molecule has 0 heterocycles. The summed E-state index contributed by atoms with van der Waals surface area (Å²) in [5.74, 6) is 0. The maximum atomic E-state index is 0. The standard InChI is InChI=1S/3Al.5Y.9H. The summed E-state index contributed by atoms with van der Waals surface area (Å²) in [6.07, 6.45) is 0. The Morgan fingerprint density at radius 1 is 0.250 bits per heavy atom. The van der Waals surface area contributed by atoms with E-state index in [1.807, 2.05) is 0 Å². The van der Waals surface area contributed by atoms with Crippen LogP contribution in [0.15, 0.2) is 0 Å². The molecule has 8 heavy (non-hydrogen) atoms. The minimum absolute atomic E-state index is 0. The Hall–Kier alpha value is 7.12. The van der Waals surface area contributed by atoms with E-state index in [-0.39, 0.29) is 216 Å². The fourth-order valence-electron chi connectivity index (χ4n) is 0. The Kier molecular flexibility index (Phi) is 357. The SMILES string of the molecule is [AlH3].[AlH3].[AlH3].[Y].[Y].[Y].[Y].[Y]. The molecule has 0 aromatic rings. The molecule has 0 aliphatic rings. The fraction of sp³-hybridized carbons (Fsp3) is 0. The van der Waals surface area contributed by atoms with Crippen LogP contribution in [0.3, 0.4) is 0 Å². The normalized spacial score (nSPS) is 0. The van der Waals surface area contributed by atoms with Gasteiger partial charge < -0.3 is 0 Å². The van der Waals surface area contributed by atoms with Crippen LogP contribution >= 0.6 is 0 Å². The van der Waals surface area contributed by atoms with Crippen LogP contribution in [0, 0.1) is 0 Å². The Labute approximate surface area is 209 Å². The quantitative estimate of drug-likeness (QED) is 0.283. The van der Waals surface area contributed by atoms with Crippen LogP contribution in [-0.4, -0.2) is 52.1 Å². The van der Waals surface area contributed by atoms with Crippen LogP contribution in [-0.2, 0) is 164 Å². The molecular formula is H9Al3Y5. The van der Waals surface area contributed by atoms with Crippen molar-refractivity contribution >= 4 is 52.1 Å². The molecule has 0 aliphatic heterocycles. The van der Waals surface area contributed by atoms with Crippen LogP contribution < -0.4 is 0 Å². The van der Waals surface area contributed by atoms with Gasteiger partial charge in [-0.05, 0) is 0 Å². The Balaban J connectivity index is 0. The molecule has 0 amide bonds. The molecule has 0 unspecified atom stereocenters. The molecule has 0 bridgehead atoms. The average molecular weight is 535 g/mol. The molecule has 0 rings (SSSR count). The van der Waals surface area contributed by atoms with Gasteiger partial charge in [0.25, 0.3) is 0 Å². The Bertz CT molecular complexity index is 7.64. The van der Waals surface area contributed by atoms with Crippen molar-refractivity contribution in [3.05, 3.63) is 0 Å². The van der Waals surface area contributed by atoms with Gasteiger partial charge in [-0.3, -0.25) is 0 Å². The van der Waals surface area contributed by atoms with E-state index in [0.29, 0.717) is 0 Å². The van der Waals surface area contributed by atoms with Gasteiger partial charge in [-0.15, -0.1) is 0 Å². The molecule has 0 atom stereocenters. The molecule has 0 nitrogen and oxygen atoms in total. The third kappa shape index (κ3) is 38.0. The van der Waals surface area contributed by atoms with Gasteiger partial charge >= 0.3 is 0 Å². The summed E-state index contributed by atoms with van der Waals surface area (Å²) >= 11 is 0. The van der Waals surface area contributed by atoms with Crippen molar-refractivity contribution in [2.24, 2.45) is 0 Å². The Morgan fingerprint density at radius 3 is 0.250 bits per heavy atom. The van der Waals surface area contributed by atoms with Crippen molar-refractivity contribution in [1.29, 1.82) is 0 Å². The third-order valence-electron chi connectivity index (χ3n) is 0. The van der Waals surface area contributed by atoms with E-state index in [1.54, 1.807) is 0 Å². The molecule has 5 radical (unpaired) electrons. The van der Waals surface area contributed by atoms with Gasteiger partial charge in [0.05, 0.1) is 0 Å². The van der Waals surface area contributed by atoms with Crippen LogP contribution in [0.25, 0.3) is 0 Å². The third-order valence-corrected chi connectivity index (χ3v) is 0. The molecule has 0 spiro atoms. The maximum Gasteiger partial charge on any atom is 0.187 e. The number of hydrogen-bond donors (Lipinski definition) is 0. The molecule has 0 aromatic carbocycles. The van der Waals surface area contributed by atoms with Crippen molar-refractivity contribution in [3.63, 3.8) is 0 Å². The van der Waals surface area contributed by atoms with E-state index in [2.05, 4.69) is 0 Å². The van der Waals surface area contributed by atoms with Crippen molar-refractivity contribution in [1.82, 2.24) is 0 Å². The zero-order chi connectivity index (χ0) is 0.